The Labute approximate surface area is 114 Å². The van der Waals surface area contributed by atoms with E-state index in [2.05, 4.69) is 18.0 Å². The standard InChI is InChI=1S/C16H21FN2/c1-19(15-6-4-2-3-5-7-15)12-14-10-13(11-18)8-9-16(14)17/h8-10,15H,2-7,12H2,1H3. The van der Waals surface area contributed by atoms with Gasteiger partial charge in [0.15, 0.2) is 0 Å². The zero-order chi connectivity index (χ0) is 13.7. The minimum Gasteiger partial charge on any atom is -0.299 e. The Balaban J connectivity index is 2.05. The van der Waals surface area contributed by atoms with E-state index in [1.54, 1.807) is 6.07 Å². The van der Waals surface area contributed by atoms with Gasteiger partial charge in [-0.2, -0.15) is 5.26 Å². The van der Waals surface area contributed by atoms with Crippen LogP contribution >= 0.6 is 0 Å². The molecule has 0 aromatic heterocycles. The van der Waals surface area contributed by atoms with Crippen LogP contribution in [-0.4, -0.2) is 18.0 Å². The Bertz CT molecular complexity index is 456. The normalized spacial score (nSPS) is 17.2. The first-order valence-electron chi connectivity index (χ1n) is 7.09. The molecule has 0 N–H and O–H groups in total. The lowest BCUT2D eigenvalue weighted by molar-refractivity contribution is 0.210. The predicted molar refractivity (Wildman–Crippen MR) is 74.1 cm³/mol. The van der Waals surface area contributed by atoms with Crippen molar-refractivity contribution in [2.24, 2.45) is 0 Å². The number of benzene rings is 1. The van der Waals surface area contributed by atoms with Crippen LogP contribution in [0.15, 0.2) is 18.2 Å². The van der Waals surface area contributed by atoms with E-state index in [1.807, 2.05) is 0 Å². The summed E-state index contributed by atoms with van der Waals surface area (Å²) >= 11 is 0. The van der Waals surface area contributed by atoms with Gasteiger partial charge in [-0.25, -0.2) is 4.39 Å². The topological polar surface area (TPSA) is 27.0 Å². The first-order chi connectivity index (χ1) is 9.20. The van der Waals surface area contributed by atoms with E-state index in [0.29, 0.717) is 23.7 Å². The number of nitriles is 1. The van der Waals surface area contributed by atoms with E-state index in [9.17, 15) is 4.39 Å². The van der Waals surface area contributed by atoms with E-state index < -0.39 is 0 Å². The highest BCUT2D eigenvalue weighted by Crippen LogP contribution is 2.23. The number of rotatable bonds is 3. The van der Waals surface area contributed by atoms with E-state index in [4.69, 9.17) is 5.26 Å². The first-order valence-corrected chi connectivity index (χ1v) is 7.09. The molecule has 2 rings (SSSR count). The molecule has 19 heavy (non-hydrogen) atoms. The van der Waals surface area contributed by atoms with E-state index in [1.165, 1.54) is 50.7 Å². The Kier molecular flexibility index (Phi) is 4.93. The van der Waals surface area contributed by atoms with Crippen molar-refractivity contribution in [2.75, 3.05) is 7.05 Å². The highest BCUT2D eigenvalue weighted by molar-refractivity contribution is 5.33. The highest BCUT2D eigenvalue weighted by Gasteiger charge is 2.18. The predicted octanol–water partition coefficient (Wildman–Crippen LogP) is 3.85. The second kappa shape index (κ2) is 6.68. The Morgan fingerprint density at radius 1 is 1.26 bits per heavy atom. The number of halogens is 1. The van der Waals surface area contributed by atoms with Crippen molar-refractivity contribution in [1.29, 1.82) is 5.26 Å². The second-order valence-electron chi connectivity index (χ2n) is 5.48. The molecule has 0 aliphatic heterocycles. The van der Waals surface area contributed by atoms with Gasteiger partial charge in [0.1, 0.15) is 5.82 Å². The van der Waals surface area contributed by atoms with Crippen molar-refractivity contribution in [3.8, 4) is 6.07 Å². The molecule has 1 aromatic carbocycles. The lowest BCUT2D eigenvalue weighted by Gasteiger charge is -2.27. The van der Waals surface area contributed by atoms with Gasteiger partial charge < -0.3 is 0 Å². The van der Waals surface area contributed by atoms with E-state index >= 15 is 0 Å². The van der Waals surface area contributed by atoms with Crippen LogP contribution < -0.4 is 0 Å². The summed E-state index contributed by atoms with van der Waals surface area (Å²) < 4.78 is 13.8. The monoisotopic (exact) mass is 260 g/mol. The summed E-state index contributed by atoms with van der Waals surface area (Å²) in [7, 11) is 2.06. The first kappa shape index (κ1) is 14.0. The molecule has 1 aliphatic carbocycles. The maximum Gasteiger partial charge on any atom is 0.127 e. The molecule has 0 saturated heterocycles. The molecule has 1 fully saturated rings. The Hall–Kier alpha value is -1.40. The number of nitrogens with zero attached hydrogens (tertiary/aromatic N) is 2. The molecule has 0 radical (unpaired) electrons. The molecular formula is C16H21FN2. The van der Waals surface area contributed by atoms with Crippen LogP contribution in [-0.2, 0) is 6.54 Å². The second-order valence-corrected chi connectivity index (χ2v) is 5.48. The number of hydrogen-bond acceptors (Lipinski definition) is 2. The third-order valence-electron chi connectivity index (χ3n) is 4.04. The van der Waals surface area contributed by atoms with Gasteiger partial charge in [0.2, 0.25) is 0 Å². The van der Waals surface area contributed by atoms with Crippen LogP contribution in [0.1, 0.15) is 49.7 Å². The molecule has 1 aliphatic rings. The van der Waals surface area contributed by atoms with Crippen LogP contribution in [0.25, 0.3) is 0 Å². The summed E-state index contributed by atoms with van der Waals surface area (Å²) in [4.78, 5) is 2.24. The molecule has 1 aromatic rings. The molecular weight excluding hydrogens is 239 g/mol. The summed E-state index contributed by atoms with van der Waals surface area (Å²) in [6.07, 6.45) is 7.60. The summed E-state index contributed by atoms with van der Waals surface area (Å²) in [5.41, 5.74) is 1.16. The van der Waals surface area contributed by atoms with Crippen LogP contribution in [0.3, 0.4) is 0 Å². The summed E-state index contributed by atoms with van der Waals surface area (Å²) in [5.74, 6) is -0.209. The van der Waals surface area contributed by atoms with Gasteiger partial charge in [0.05, 0.1) is 11.6 Å². The van der Waals surface area contributed by atoms with Gasteiger partial charge in [-0.15, -0.1) is 0 Å². The SMILES string of the molecule is CN(Cc1cc(C#N)ccc1F)C1CCCCCC1. The third kappa shape index (κ3) is 3.78. The van der Waals surface area contributed by atoms with E-state index in [0.717, 1.165) is 0 Å². The lowest BCUT2D eigenvalue weighted by Crippen LogP contribution is -2.31. The fourth-order valence-corrected chi connectivity index (χ4v) is 2.86. The average molecular weight is 260 g/mol. The zero-order valence-corrected chi connectivity index (χ0v) is 11.5. The Morgan fingerprint density at radius 2 is 1.95 bits per heavy atom. The summed E-state index contributed by atoms with van der Waals surface area (Å²) in [6, 6.07) is 7.22. The highest BCUT2D eigenvalue weighted by atomic mass is 19.1. The van der Waals surface area contributed by atoms with E-state index in [-0.39, 0.29) is 5.82 Å². The van der Waals surface area contributed by atoms with Gasteiger partial charge in [0.25, 0.3) is 0 Å². The zero-order valence-electron chi connectivity index (χ0n) is 11.5. The maximum absolute atomic E-state index is 13.8. The van der Waals surface area contributed by atoms with Crippen LogP contribution in [0, 0.1) is 17.1 Å². The largest absolute Gasteiger partial charge is 0.299 e. The lowest BCUT2D eigenvalue weighted by atomic mass is 10.1. The number of hydrogen-bond donors (Lipinski definition) is 0. The average Bonchev–Trinajstić information content (AvgIpc) is 2.70. The maximum atomic E-state index is 13.8. The van der Waals surface area contributed by atoms with Gasteiger partial charge >= 0.3 is 0 Å². The van der Waals surface area contributed by atoms with Crippen molar-refractivity contribution in [2.45, 2.75) is 51.1 Å². The minimum atomic E-state index is -0.209. The van der Waals surface area contributed by atoms with Crippen LogP contribution in [0.5, 0.6) is 0 Å². The van der Waals surface area contributed by atoms with Crippen molar-refractivity contribution in [1.82, 2.24) is 4.90 Å². The molecule has 3 heteroatoms. The van der Waals surface area contributed by atoms with Gasteiger partial charge in [-0.3, -0.25) is 4.90 Å². The molecule has 0 amide bonds. The quantitative estimate of drug-likeness (QED) is 0.772. The van der Waals surface area contributed by atoms with Crippen molar-refractivity contribution >= 4 is 0 Å². The molecule has 1 saturated carbocycles. The van der Waals surface area contributed by atoms with Gasteiger partial charge in [-0.05, 0) is 38.1 Å². The smallest absolute Gasteiger partial charge is 0.127 e. The van der Waals surface area contributed by atoms with Crippen molar-refractivity contribution in [3.05, 3.63) is 35.1 Å². The molecule has 2 nitrogen and oxygen atoms in total. The minimum absolute atomic E-state index is 0.209. The Morgan fingerprint density at radius 3 is 2.58 bits per heavy atom. The molecule has 0 spiro atoms. The van der Waals surface area contributed by atoms with Gasteiger partial charge in [0, 0.05) is 18.2 Å². The molecule has 0 bridgehead atoms. The third-order valence-corrected chi connectivity index (χ3v) is 4.04. The fourth-order valence-electron chi connectivity index (χ4n) is 2.86. The molecule has 0 atom stereocenters. The van der Waals surface area contributed by atoms with Crippen LogP contribution in [0.2, 0.25) is 0 Å². The van der Waals surface area contributed by atoms with Crippen molar-refractivity contribution < 1.29 is 4.39 Å². The summed E-state index contributed by atoms with van der Waals surface area (Å²) in [6.45, 7) is 0.589. The molecule has 0 heterocycles. The van der Waals surface area contributed by atoms with Crippen LogP contribution in [0.4, 0.5) is 4.39 Å². The summed E-state index contributed by atoms with van der Waals surface area (Å²) in [5, 5.41) is 8.89. The molecule has 102 valence electrons. The van der Waals surface area contributed by atoms with Crippen molar-refractivity contribution in [3.63, 3.8) is 0 Å². The fraction of sp³-hybridized carbons (Fsp3) is 0.562. The molecule has 0 unspecified atom stereocenters. The van der Waals surface area contributed by atoms with Gasteiger partial charge in [-0.1, -0.05) is 25.7 Å².